The number of hydrogen-bond donors (Lipinski definition) is 1. The van der Waals surface area contributed by atoms with Crippen molar-refractivity contribution in [2.24, 2.45) is 0 Å². The normalized spacial score (nSPS) is 10.1. The maximum absolute atomic E-state index is 13.6. The molecule has 0 bridgehead atoms. The van der Waals surface area contributed by atoms with Crippen molar-refractivity contribution in [3.8, 4) is 17.6 Å². The minimum atomic E-state index is -0.701. The van der Waals surface area contributed by atoms with E-state index in [4.69, 9.17) is 4.74 Å². The Balaban J connectivity index is 2.79. The minimum absolute atomic E-state index is 0.0199. The molecule has 1 aromatic carbocycles. The Bertz CT molecular complexity index is 438. The summed E-state index contributed by atoms with van der Waals surface area (Å²) in [5.41, 5.74) is 0.549. The fourth-order valence-corrected chi connectivity index (χ4v) is 1.35. The second-order valence-corrected chi connectivity index (χ2v) is 4.14. The van der Waals surface area contributed by atoms with Gasteiger partial charge in [0.1, 0.15) is 6.61 Å². The summed E-state index contributed by atoms with van der Waals surface area (Å²) in [6, 6.07) is 2.80. The fraction of sp³-hybridized carbons (Fsp3) is 0.429. The summed E-state index contributed by atoms with van der Waals surface area (Å²) in [7, 11) is 0. The van der Waals surface area contributed by atoms with Crippen molar-refractivity contribution in [1.82, 2.24) is 5.32 Å². The van der Waals surface area contributed by atoms with Crippen LogP contribution < -0.4 is 10.1 Å². The molecule has 0 aliphatic heterocycles. The van der Waals surface area contributed by atoms with E-state index in [9.17, 15) is 8.78 Å². The van der Waals surface area contributed by atoms with Gasteiger partial charge in [-0.25, -0.2) is 8.78 Å². The molecule has 1 rings (SSSR count). The Hall–Kier alpha value is -1.60. The third-order valence-electron chi connectivity index (χ3n) is 2.24. The number of rotatable bonds is 5. The molecule has 4 heteroatoms. The highest BCUT2D eigenvalue weighted by Gasteiger charge is 2.12. The molecule has 0 amide bonds. The lowest BCUT2D eigenvalue weighted by Gasteiger charge is -2.10. The van der Waals surface area contributed by atoms with Gasteiger partial charge in [-0.2, -0.15) is 0 Å². The lowest BCUT2D eigenvalue weighted by molar-refractivity contribution is 0.325. The Labute approximate surface area is 106 Å². The van der Waals surface area contributed by atoms with Crippen LogP contribution in [0.2, 0.25) is 0 Å². The highest BCUT2D eigenvalue weighted by molar-refractivity contribution is 5.31. The number of ether oxygens (including phenoxy) is 1. The first kappa shape index (κ1) is 14.5. The molecule has 1 aromatic rings. The van der Waals surface area contributed by atoms with Crippen molar-refractivity contribution in [1.29, 1.82) is 0 Å². The van der Waals surface area contributed by atoms with Crippen LogP contribution in [-0.2, 0) is 6.54 Å². The van der Waals surface area contributed by atoms with Gasteiger partial charge in [-0.15, -0.1) is 5.92 Å². The van der Waals surface area contributed by atoms with Crippen LogP contribution >= 0.6 is 0 Å². The summed E-state index contributed by atoms with van der Waals surface area (Å²) in [6.07, 6.45) is 0. The Morgan fingerprint density at radius 3 is 2.39 bits per heavy atom. The number of nitrogens with one attached hydrogen (secondary N) is 1. The zero-order valence-electron chi connectivity index (χ0n) is 10.8. The van der Waals surface area contributed by atoms with Crippen molar-refractivity contribution in [3.05, 3.63) is 29.3 Å². The average Bonchev–Trinajstić information content (AvgIpc) is 2.30. The van der Waals surface area contributed by atoms with E-state index in [2.05, 4.69) is 17.2 Å². The first-order valence-electron chi connectivity index (χ1n) is 5.78. The van der Waals surface area contributed by atoms with Gasteiger partial charge in [0.2, 0.25) is 0 Å². The van der Waals surface area contributed by atoms with Gasteiger partial charge < -0.3 is 10.1 Å². The van der Waals surface area contributed by atoms with Crippen molar-refractivity contribution in [2.75, 3.05) is 6.61 Å². The first-order valence-corrected chi connectivity index (χ1v) is 5.78. The van der Waals surface area contributed by atoms with Crippen LogP contribution in [0.25, 0.3) is 0 Å². The van der Waals surface area contributed by atoms with Gasteiger partial charge in [0.25, 0.3) is 0 Å². The highest BCUT2D eigenvalue weighted by Crippen LogP contribution is 2.23. The van der Waals surface area contributed by atoms with Gasteiger partial charge in [0, 0.05) is 12.6 Å². The standard InChI is InChI=1S/C14H17F2NO/c1-4-5-6-18-14-12(15)7-11(8-13(14)16)9-17-10(2)3/h7-8,10,17H,6,9H2,1-3H3. The Kier molecular flexibility index (Phi) is 5.60. The fourth-order valence-electron chi connectivity index (χ4n) is 1.35. The molecule has 0 unspecified atom stereocenters. The molecule has 0 heterocycles. The summed E-state index contributed by atoms with van der Waals surface area (Å²) >= 11 is 0. The molecule has 0 spiro atoms. The second-order valence-electron chi connectivity index (χ2n) is 4.14. The molecule has 0 atom stereocenters. The van der Waals surface area contributed by atoms with Crippen LogP contribution in [0.15, 0.2) is 12.1 Å². The molecule has 0 fully saturated rings. The van der Waals surface area contributed by atoms with Gasteiger partial charge in [-0.05, 0) is 24.6 Å². The van der Waals surface area contributed by atoms with E-state index in [1.54, 1.807) is 6.92 Å². The van der Waals surface area contributed by atoms with Crippen molar-refractivity contribution in [3.63, 3.8) is 0 Å². The minimum Gasteiger partial charge on any atom is -0.475 e. The SMILES string of the molecule is CC#CCOc1c(F)cc(CNC(C)C)cc1F. The molecule has 0 saturated carbocycles. The van der Waals surface area contributed by atoms with Crippen LogP contribution in [0, 0.1) is 23.5 Å². The van der Waals surface area contributed by atoms with Crippen LogP contribution in [0.4, 0.5) is 8.78 Å². The van der Waals surface area contributed by atoms with E-state index in [0.717, 1.165) is 0 Å². The van der Waals surface area contributed by atoms with Crippen LogP contribution in [-0.4, -0.2) is 12.6 Å². The molecule has 0 aliphatic rings. The number of halogens is 2. The van der Waals surface area contributed by atoms with E-state index < -0.39 is 11.6 Å². The third kappa shape index (κ3) is 4.34. The first-order chi connectivity index (χ1) is 8.54. The molecule has 0 aromatic heterocycles. The zero-order chi connectivity index (χ0) is 13.5. The van der Waals surface area contributed by atoms with Gasteiger partial charge in [-0.3, -0.25) is 0 Å². The largest absolute Gasteiger partial charge is 0.475 e. The van der Waals surface area contributed by atoms with E-state index in [1.807, 2.05) is 13.8 Å². The summed E-state index contributed by atoms with van der Waals surface area (Å²) in [6.45, 7) is 5.96. The molecule has 2 nitrogen and oxygen atoms in total. The van der Waals surface area contributed by atoms with Gasteiger partial charge in [0.05, 0.1) is 0 Å². The lowest BCUT2D eigenvalue weighted by atomic mass is 10.2. The average molecular weight is 253 g/mol. The van der Waals surface area contributed by atoms with E-state index in [1.165, 1.54) is 12.1 Å². The van der Waals surface area contributed by atoms with Crippen LogP contribution in [0.1, 0.15) is 26.3 Å². The van der Waals surface area contributed by atoms with E-state index in [-0.39, 0.29) is 18.4 Å². The van der Waals surface area contributed by atoms with Crippen molar-refractivity contribution in [2.45, 2.75) is 33.4 Å². The molecular weight excluding hydrogens is 236 g/mol. The summed E-state index contributed by atoms with van der Waals surface area (Å²) in [5.74, 6) is 3.41. The monoisotopic (exact) mass is 253 g/mol. The third-order valence-corrected chi connectivity index (χ3v) is 2.24. The molecule has 98 valence electrons. The zero-order valence-corrected chi connectivity index (χ0v) is 10.8. The smallest absolute Gasteiger partial charge is 0.192 e. The van der Waals surface area contributed by atoms with Crippen molar-refractivity contribution >= 4 is 0 Å². The van der Waals surface area contributed by atoms with Gasteiger partial charge in [0.15, 0.2) is 17.4 Å². The number of hydrogen-bond acceptors (Lipinski definition) is 2. The quantitative estimate of drug-likeness (QED) is 0.815. The Morgan fingerprint density at radius 1 is 1.28 bits per heavy atom. The summed E-state index contributed by atoms with van der Waals surface area (Å²) < 4.78 is 32.2. The van der Waals surface area contributed by atoms with E-state index >= 15 is 0 Å². The van der Waals surface area contributed by atoms with Crippen molar-refractivity contribution < 1.29 is 13.5 Å². The molecule has 0 radical (unpaired) electrons. The predicted octanol–water partition coefficient (Wildman–Crippen LogP) is 2.86. The summed E-state index contributed by atoms with van der Waals surface area (Å²) in [4.78, 5) is 0. The molecule has 0 saturated heterocycles. The summed E-state index contributed by atoms with van der Waals surface area (Å²) in [5, 5.41) is 3.09. The van der Waals surface area contributed by atoms with Crippen LogP contribution in [0.3, 0.4) is 0 Å². The lowest BCUT2D eigenvalue weighted by Crippen LogP contribution is -2.22. The Morgan fingerprint density at radius 2 is 1.89 bits per heavy atom. The highest BCUT2D eigenvalue weighted by atomic mass is 19.1. The topological polar surface area (TPSA) is 21.3 Å². The van der Waals surface area contributed by atoms with Crippen LogP contribution in [0.5, 0.6) is 5.75 Å². The number of benzene rings is 1. The maximum Gasteiger partial charge on any atom is 0.192 e. The molecular formula is C14H17F2NO. The molecule has 0 aliphatic carbocycles. The molecule has 1 N–H and O–H groups in total. The molecule has 18 heavy (non-hydrogen) atoms. The van der Waals surface area contributed by atoms with Gasteiger partial charge >= 0.3 is 0 Å². The van der Waals surface area contributed by atoms with Gasteiger partial charge in [-0.1, -0.05) is 19.8 Å². The maximum atomic E-state index is 13.6. The predicted molar refractivity (Wildman–Crippen MR) is 67.3 cm³/mol. The van der Waals surface area contributed by atoms with E-state index in [0.29, 0.717) is 12.1 Å². The second kappa shape index (κ2) is 6.97.